The maximum absolute atomic E-state index is 5.58. The van der Waals surface area contributed by atoms with Gasteiger partial charge in [0.05, 0.1) is 6.33 Å². The van der Waals surface area contributed by atoms with E-state index in [4.69, 9.17) is 5.73 Å². The Morgan fingerprint density at radius 1 is 1.40 bits per heavy atom. The molecule has 1 aromatic heterocycles. The zero-order valence-electron chi connectivity index (χ0n) is 8.43. The van der Waals surface area contributed by atoms with E-state index < -0.39 is 0 Å². The fourth-order valence-electron chi connectivity index (χ4n) is 2.26. The fraction of sp³-hybridized carbons (Fsp3) is 0.250. The van der Waals surface area contributed by atoms with Crippen LogP contribution >= 0.6 is 0 Å². The van der Waals surface area contributed by atoms with Crippen molar-refractivity contribution in [1.29, 1.82) is 0 Å². The highest BCUT2D eigenvalue weighted by molar-refractivity contribution is 5.39. The average molecular weight is 199 g/mol. The number of hydrogen-bond donors (Lipinski definition) is 1. The van der Waals surface area contributed by atoms with Gasteiger partial charge in [0.15, 0.2) is 0 Å². The van der Waals surface area contributed by atoms with Crippen LogP contribution in [-0.2, 0) is 13.0 Å². The average Bonchev–Trinajstić information content (AvgIpc) is 2.61. The molecule has 1 aliphatic carbocycles. The fourth-order valence-corrected chi connectivity index (χ4v) is 2.26. The highest BCUT2D eigenvalue weighted by Gasteiger charge is 2.25. The van der Waals surface area contributed by atoms with Gasteiger partial charge in [-0.25, -0.2) is 4.98 Å². The zero-order chi connectivity index (χ0) is 10.3. The first kappa shape index (κ1) is 8.53. The van der Waals surface area contributed by atoms with E-state index in [-0.39, 0.29) is 0 Å². The molecule has 0 saturated heterocycles. The van der Waals surface area contributed by atoms with Crippen molar-refractivity contribution in [1.82, 2.24) is 9.55 Å². The van der Waals surface area contributed by atoms with Crippen LogP contribution < -0.4 is 5.73 Å². The van der Waals surface area contributed by atoms with Crippen LogP contribution in [0.25, 0.3) is 0 Å². The van der Waals surface area contributed by atoms with Crippen LogP contribution in [0.4, 0.5) is 5.82 Å². The molecule has 2 aromatic rings. The van der Waals surface area contributed by atoms with Crippen LogP contribution in [-0.4, -0.2) is 9.55 Å². The van der Waals surface area contributed by atoms with Gasteiger partial charge in [-0.05, 0) is 17.5 Å². The van der Waals surface area contributed by atoms with Crippen LogP contribution in [0.2, 0.25) is 0 Å². The number of rotatable bonds is 2. The molecular weight excluding hydrogens is 186 g/mol. The van der Waals surface area contributed by atoms with Crippen molar-refractivity contribution in [2.75, 3.05) is 5.73 Å². The van der Waals surface area contributed by atoms with E-state index in [1.54, 1.807) is 6.33 Å². The second kappa shape index (κ2) is 3.12. The second-order valence-electron chi connectivity index (χ2n) is 4.10. The van der Waals surface area contributed by atoms with Gasteiger partial charge >= 0.3 is 0 Å². The highest BCUT2D eigenvalue weighted by Crippen LogP contribution is 2.35. The summed E-state index contributed by atoms with van der Waals surface area (Å²) in [5.74, 6) is 1.23. The molecule has 76 valence electrons. The lowest BCUT2D eigenvalue weighted by atomic mass is 9.77. The first-order valence-corrected chi connectivity index (χ1v) is 5.18. The molecule has 0 aliphatic heterocycles. The largest absolute Gasteiger partial charge is 0.382 e. The quantitative estimate of drug-likeness (QED) is 0.801. The molecule has 1 heterocycles. The normalized spacial score (nSPS) is 18.3. The third-order valence-corrected chi connectivity index (χ3v) is 3.05. The predicted octanol–water partition coefficient (Wildman–Crippen LogP) is 1.81. The highest BCUT2D eigenvalue weighted by atomic mass is 15.1. The van der Waals surface area contributed by atoms with Gasteiger partial charge in [0.25, 0.3) is 0 Å². The Morgan fingerprint density at radius 2 is 2.27 bits per heavy atom. The molecule has 0 saturated carbocycles. The Morgan fingerprint density at radius 3 is 3.00 bits per heavy atom. The molecule has 1 aliphatic rings. The SMILES string of the molecule is Nc1cn(CC2Cc3ccccc32)cn1. The number of fused-ring (bicyclic) bond motifs is 1. The minimum absolute atomic E-state index is 0.600. The van der Waals surface area contributed by atoms with Gasteiger partial charge < -0.3 is 10.3 Å². The van der Waals surface area contributed by atoms with E-state index in [0.29, 0.717) is 11.7 Å². The smallest absolute Gasteiger partial charge is 0.141 e. The van der Waals surface area contributed by atoms with Gasteiger partial charge in [-0.15, -0.1) is 0 Å². The van der Waals surface area contributed by atoms with Gasteiger partial charge in [0, 0.05) is 18.7 Å². The van der Waals surface area contributed by atoms with Crippen LogP contribution in [0.15, 0.2) is 36.8 Å². The summed E-state index contributed by atoms with van der Waals surface area (Å²) in [6.07, 6.45) is 4.87. The van der Waals surface area contributed by atoms with Crippen molar-refractivity contribution < 1.29 is 0 Å². The van der Waals surface area contributed by atoms with Crippen LogP contribution in [0.1, 0.15) is 17.0 Å². The molecule has 15 heavy (non-hydrogen) atoms. The Labute approximate surface area is 88.6 Å². The Hall–Kier alpha value is -1.77. The van der Waals surface area contributed by atoms with Gasteiger partial charge in [0.2, 0.25) is 0 Å². The third-order valence-electron chi connectivity index (χ3n) is 3.05. The third kappa shape index (κ3) is 1.40. The van der Waals surface area contributed by atoms with Gasteiger partial charge in [-0.2, -0.15) is 0 Å². The molecule has 1 atom stereocenters. The molecule has 1 aromatic carbocycles. The van der Waals surface area contributed by atoms with Gasteiger partial charge in [-0.3, -0.25) is 0 Å². The number of nitrogens with two attached hydrogens (primary N) is 1. The Bertz CT molecular complexity index is 487. The van der Waals surface area contributed by atoms with Crippen molar-refractivity contribution in [2.24, 2.45) is 0 Å². The molecular formula is C12H13N3. The Balaban J connectivity index is 1.78. The number of benzene rings is 1. The van der Waals surface area contributed by atoms with Crippen molar-refractivity contribution >= 4 is 5.82 Å². The summed E-state index contributed by atoms with van der Waals surface area (Å²) in [4.78, 5) is 4.02. The topological polar surface area (TPSA) is 43.8 Å². The molecule has 0 bridgehead atoms. The minimum atomic E-state index is 0.600. The van der Waals surface area contributed by atoms with Gasteiger partial charge in [-0.1, -0.05) is 24.3 Å². The number of imidazole rings is 1. The summed E-state index contributed by atoms with van der Waals surface area (Å²) in [7, 11) is 0. The lowest BCUT2D eigenvalue weighted by Crippen LogP contribution is -2.21. The number of hydrogen-bond acceptors (Lipinski definition) is 2. The first-order chi connectivity index (χ1) is 7.33. The summed E-state index contributed by atoms with van der Waals surface area (Å²) in [6.45, 7) is 0.987. The molecule has 0 fully saturated rings. The summed E-state index contributed by atoms with van der Waals surface area (Å²) in [5, 5.41) is 0. The lowest BCUT2D eigenvalue weighted by Gasteiger charge is -2.30. The number of nitrogen functional groups attached to an aromatic ring is 1. The van der Waals surface area contributed by atoms with E-state index in [1.165, 1.54) is 17.5 Å². The second-order valence-corrected chi connectivity index (χ2v) is 4.10. The van der Waals surface area contributed by atoms with Crippen molar-refractivity contribution in [3.63, 3.8) is 0 Å². The molecule has 3 rings (SSSR count). The monoisotopic (exact) mass is 199 g/mol. The van der Waals surface area contributed by atoms with Crippen molar-refractivity contribution in [3.05, 3.63) is 47.9 Å². The van der Waals surface area contributed by atoms with E-state index in [2.05, 4.69) is 33.8 Å². The maximum Gasteiger partial charge on any atom is 0.141 e. The number of anilines is 1. The summed E-state index contributed by atoms with van der Waals surface area (Å²) < 4.78 is 2.07. The number of nitrogens with zero attached hydrogens (tertiary/aromatic N) is 2. The summed E-state index contributed by atoms with van der Waals surface area (Å²) in [5.41, 5.74) is 8.54. The van der Waals surface area contributed by atoms with E-state index >= 15 is 0 Å². The minimum Gasteiger partial charge on any atom is -0.382 e. The molecule has 0 radical (unpaired) electrons. The molecule has 0 spiro atoms. The first-order valence-electron chi connectivity index (χ1n) is 5.18. The lowest BCUT2D eigenvalue weighted by molar-refractivity contribution is 0.508. The molecule has 2 N–H and O–H groups in total. The predicted molar refractivity (Wildman–Crippen MR) is 59.5 cm³/mol. The van der Waals surface area contributed by atoms with Crippen molar-refractivity contribution in [3.8, 4) is 0 Å². The molecule has 3 heteroatoms. The Kier molecular flexibility index (Phi) is 1.78. The standard InChI is InChI=1S/C12H13N3/c13-12-7-15(8-14-12)6-10-5-9-3-1-2-4-11(9)10/h1-4,7-8,10H,5-6,13H2. The van der Waals surface area contributed by atoms with Crippen molar-refractivity contribution in [2.45, 2.75) is 18.9 Å². The molecule has 3 nitrogen and oxygen atoms in total. The van der Waals surface area contributed by atoms with E-state index in [0.717, 1.165) is 6.54 Å². The zero-order valence-corrected chi connectivity index (χ0v) is 8.43. The maximum atomic E-state index is 5.58. The molecule has 0 amide bonds. The summed E-state index contributed by atoms with van der Waals surface area (Å²) >= 11 is 0. The van der Waals surface area contributed by atoms with E-state index in [9.17, 15) is 0 Å². The van der Waals surface area contributed by atoms with E-state index in [1.807, 2.05) is 6.20 Å². The van der Waals surface area contributed by atoms with Gasteiger partial charge in [0.1, 0.15) is 5.82 Å². The van der Waals surface area contributed by atoms with Crippen LogP contribution in [0.3, 0.4) is 0 Å². The number of aromatic nitrogens is 2. The molecule has 1 unspecified atom stereocenters. The van der Waals surface area contributed by atoms with Crippen LogP contribution in [0, 0.1) is 0 Å². The van der Waals surface area contributed by atoms with Crippen LogP contribution in [0.5, 0.6) is 0 Å². The summed E-state index contributed by atoms with van der Waals surface area (Å²) in [6, 6.07) is 8.62.